The van der Waals surface area contributed by atoms with Crippen LogP contribution < -0.4 is 0 Å². The van der Waals surface area contributed by atoms with E-state index in [-0.39, 0.29) is 0 Å². The first-order valence-corrected chi connectivity index (χ1v) is 6.06. The van der Waals surface area contributed by atoms with Crippen molar-refractivity contribution in [2.45, 2.75) is 0 Å². The van der Waals surface area contributed by atoms with E-state index in [1.807, 2.05) is 35.0 Å². The maximum absolute atomic E-state index is 11.2. The van der Waals surface area contributed by atoms with Gasteiger partial charge in [0.15, 0.2) is 0 Å². The molecule has 17 heavy (non-hydrogen) atoms. The Kier molecular flexibility index (Phi) is 3.62. The predicted octanol–water partition coefficient (Wildman–Crippen LogP) is 3.21. The lowest BCUT2D eigenvalue weighted by Gasteiger charge is -2.06. The van der Waals surface area contributed by atoms with Crippen LogP contribution in [0.4, 0.5) is 0 Å². The summed E-state index contributed by atoms with van der Waals surface area (Å²) < 4.78 is 0. The van der Waals surface area contributed by atoms with Crippen LogP contribution >= 0.6 is 11.3 Å². The van der Waals surface area contributed by atoms with Crippen LogP contribution in [0.25, 0.3) is 6.08 Å². The van der Waals surface area contributed by atoms with Crippen molar-refractivity contribution in [1.82, 2.24) is 0 Å². The van der Waals surface area contributed by atoms with E-state index in [0.29, 0.717) is 5.56 Å². The first-order valence-electron chi connectivity index (χ1n) is 5.12. The van der Waals surface area contributed by atoms with E-state index in [1.165, 1.54) is 6.08 Å². The van der Waals surface area contributed by atoms with Crippen LogP contribution in [0.3, 0.4) is 0 Å². The number of allylic oxidation sites excluding steroid dienone is 1. The van der Waals surface area contributed by atoms with Gasteiger partial charge in [0.2, 0.25) is 11.6 Å². The van der Waals surface area contributed by atoms with Gasteiger partial charge in [-0.05, 0) is 22.4 Å². The minimum absolute atomic E-state index is 0.409. The second-order valence-corrected chi connectivity index (χ2v) is 4.22. The highest BCUT2D eigenvalue weighted by Gasteiger charge is 2.19. The van der Waals surface area contributed by atoms with E-state index < -0.39 is 11.6 Å². The fraction of sp³-hybridized carbons (Fsp3) is 0. The largest absolute Gasteiger partial charge is 0.286 e. The van der Waals surface area contributed by atoms with E-state index >= 15 is 0 Å². The molecular formula is C14H10O2S. The first-order chi connectivity index (χ1) is 8.29. The lowest BCUT2D eigenvalue weighted by molar-refractivity contribution is -0.110. The lowest BCUT2D eigenvalue weighted by atomic mass is 9.96. The van der Waals surface area contributed by atoms with Crippen LogP contribution in [0.1, 0.15) is 15.9 Å². The van der Waals surface area contributed by atoms with Crippen LogP contribution in [0.2, 0.25) is 0 Å². The van der Waals surface area contributed by atoms with E-state index in [1.54, 1.807) is 29.5 Å². The summed E-state index contributed by atoms with van der Waals surface area (Å²) in [5, 5.41) is 4.08. The minimum Gasteiger partial charge on any atom is -0.286 e. The van der Waals surface area contributed by atoms with Gasteiger partial charge in [-0.1, -0.05) is 42.5 Å². The fourth-order valence-corrected chi connectivity index (χ4v) is 1.90. The molecule has 1 aromatic heterocycles. The quantitative estimate of drug-likeness (QED) is 0.665. The average Bonchev–Trinajstić information content (AvgIpc) is 2.93. The van der Waals surface area contributed by atoms with Gasteiger partial charge in [-0.25, -0.2) is 0 Å². The summed E-state index contributed by atoms with van der Waals surface area (Å²) in [4.78, 5) is 22.1. The topological polar surface area (TPSA) is 34.1 Å². The number of ketones is 2. The molecular weight excluding hydrogens is 232 g/mol. The monoisotopic (exact) mass is 242 g/mol. The molecule has 0 amide bonds. The van der Waals surface area contributed by atoms with Crippen LogP contribution in [0.5, 0.6) is 0 Å². The van der Waals surface area contributed by atoms with Crippen molar-refractivity contribution in [1.29, 1.82) is 0 Å². The molecule has 2 nitrogen and oxygen atoms in total. The number of rotatable bonds is 0. The van der Waals surface area contributed by atoms with Gasteiger partial charge in [0, 0.05) is 5.56 Å². The van der Waals surface area contributed by atoms with Crippen LogP contribution in [-0.4, -0.2) is 11.6 Å². The SMILES string of the molecule is O=C1C=Cc2ccccc2C1=O.c1ccsc1. The standard InChI is InChI=1S/C10H6O2.C4H4S/c11-9-6-5-7-3-1-2-4-8(7)10(9)12;1-2-4-5-3-1/h1-6H;1-4H. The summed E-state index contributed by atoms with van der Waals surface area (Å²) in [5.74, 6) is -0.846. The van der Waals surface area contributed by atoms with Crippen molar-refractivity contribution in [2.75, 3.05) is 0 Å². The Morgan fingerprint density at radius 1 is 0.824 bits per heavy atom. The molecule has 0 spiro atoms. The number of thiophene rings is 1. The molecule has 84 valence electrons. The first kappa shape index (κ1) is 11.5. The van der Waals surface area contributed by atoms with Gasteiger partial charge in [-0.2, -0.15) is 11.3 Å². The molecule has 0 saturated heterocycles. The Labute approximate surface area is 103 Å². The van der Waals surface area contributed by atoms with Gasteiger partial charge in [0.05, 0.1) is 0 Å². The normalized spacial score (nSPS) is 12.7. The molecule has 3 heteroatoms. The van der Waals surface area contributed by atoms with Crippen molar-refractivity contribution in [3.8, 4) is 0 Å². The van der Waals surface area contributed by atoms with E-state index in [0.717, 1.165) is 5.56 Å². The van der Waals surface area contributed by atoms with Crippen molar-refractivity contribution in [2.24, 2.45) is 0 Å². The zero-order valence-electron chi connectivity index (χ0n) is 9.00. The summed E-state index contributed by atoms with van der Waals surface area (Å²) in [6, 6.07) is 11.1. The zero-order chi connectivity index (χ0) is 12.1. The van der Waals surface area contributed by atoms with E-state index in [9.17, 15) is 9.59 Å². The molecule has 0 radical (unpaired) electrons. The Hall–Kier alpha value is -2.00. The second-order valence-electron chi connectivity index (χ2n) is 3.41. The number of benzene rings is 1. The molecule has 1 heterocycles. The number of fused-ring (bicyclic) bond motifs is 1. The maximum Gasteiger partial charge on any atom is 0.233 e. The van der Waals surface area contributed by atoms with Crippen molar-refractivity contribution in [3.05, 3.63) is 64.4 Å². The third kappa shape index (κ3) is 2.77. The number of hydrogen-bond acceptors (Lipinski definition) is 3. The fourth-order valence-electron chi connectivity index (χ4n) is 1.45. The second kappa shape index (κ2) is 5.37. The summed E-state index contributed by atoms with van der Waals surface area (Å²) in [7, 11) is 0. The molecule has 1 aromatic carbocycles. The van der Waals surface area contributed by atoms with Crippen LogP contribution in [-0.2, 0) is 4.79 Å². The summed E-state index contributed by atoms with van der Waals surface area (Å²) in [6.07, 6.45) is 2.98. The Morgan fingerprint density at radius 2 is 1.53 bits per heavy atom. The molecule has 0 fully saturated rings. The third-order valence-corrected chi connectivity index (χ3v) is 2.90. The Bertz CT molecular complexity index is 536. The Morgan fingerprint density at radius 3 is 2.18 bits per heavy atom. The molecule has 0 atom stereocenters. The number of Topliss-reactive ketones (excluding diaryl/α,β-unsaturated/α-hetero) is 1. The van der Waals surface area contributed by atoms with Gasteiger partial charge < -0.3 is 0 Å². The van der Waals surface area contributed by atoms with Gasteiger partial charge in [0.1, 0.15) is 0 Å². The molecule has 1 aliphatic carbocycles. The molecule has 0 N–H and O–H groups in total. The molecule has 2 aromatic rings. The Balaban J connectivity index is 0.000000181. The molecule has 0 saturated carbocycles. The minimum atomic E-state index is -0.436. The smallest absolute Gasteiger partial charge is 0.233 e. The van der Waals surface area contributed by atoms with Crippen LogP contribution in [0, 0.1) is 0 Å². The number of carbonyl (C=O) groups is 2. The van der Waals surface area contributed by atoms with Crippen LogP contribution in [0.15, 0.2) is 53.2 Å². The summed E-state index contributed by atoms with van der Waals surface area (Å²) >= 11 is 1.71. The highest BCUT2D eigenvalue weighted by molar-refractivity contribution is 7.07. The molecule has 3 rings (SSSR count). The molecule has 0 bridgehead atoms. The van der Waals surface area contributed by atoms with Gasteiger partial charge >= 0.3 is 0 Å². The lowest BCUT2D eigenvalue weighted by Crippen LogP contribution is -2.15. The molecule has 0 unspecified atom stereocenters. The molecule has 1 aliphatic rings. The van der Waals surface area contributed by atoms with E-state index in [2.05, 4.69) is 0 Å². The van der Waals surface area contributed by atoms with Gasteiger partial charge in [-0.3, -0.25) is 9.59 Å². The van der Waals surface area contributed by atoms with Gasteiger partial charge in [0.25, 0.3) is 0 Å². The highest BCUT2D eigenvalue weighted by Crippen LogP contribution is 2.16. The predicted molar refractivity (Wildman–Crippen MR) is 69.1 cm³/mol. The average molecular weight is 242 g/mol. The number of carbonyl (C=O) groups excluding carboxylic acids is 2. The van der Waals surface area contributed by atoms with Crippen molar-refractivity contribution in [3.63, 3.8) is 0 Å². The van der Waals surface area contributed by atoms with E-state index in [4.69, 9.17) is 0 Å². The maximum atomic E-state index is 11.2. The third-order valence-electron chi connectivity index (χ3n) is 2.27. The van der Waals surface area contributed by atoms with Gasteiger partial charge in [-0.15, -0.1) is 0 Å². The molecule has 0 aliphatic heterocycles. The van der Waals surface area contributed by atoms with Crippen molar-refractivity contribution < 1.29 is 9.59 Å². The van der Waals surface area contributed by atoms with Crippen molar-refractivity contribution >= 4 is 29.0 Å². The highest BCUT2D eigenvalue weighted by atomic mass is 32.1. The summed E-state index contributed by atoms with van der Waals surface area (Å²) in [6.45, 7) is 0. The zero-order valence-corrected chi connectivity index (χ0v) is 9.81. The number of hydrogen-bond donors (Lipinski definition) is 0. The summed E-state index contributed by atoms with van der Waals surface area (Å²) in [5.41, 5.74) is 1.33.